The topological polar surface area (TPSA) is 46.9 Å². The van der Waals surface area contributed by atoms with Gasteiger partial charge in [0.2, 0.25) is 0 Å². The fourth-order valence-electron chi connectivity index (χ4n) is 2.53. The minimum atomic E-state index is -0.0642. The molecule has 1 aromatic heterocycles. The Hall–Kier alpha value is -1.03. The van der Waals surface area contributed by atoms with E-state index in [1.54, 1.807) is 17.0 Å². The molecule has 19 heavy (non-hydrogen) atoms. The smallest absolute Gasteiger partial charge is 0.293 e. The summed E-state index contributed by atoms with van der Waals surface area (Å²) in [6, 6.07) is 0.282. The van der Waals surface area contributed by atoms with E-state index in [0.717, 1.165) is 19.3 Å². The van der Waals surface area contributed by atoms with Crippen molar-refractivity contribution in [1.29, 1.82) is 0 Å². The molecule has 1 heterocycles. The van der Waals surface area contributed by atoms with Crippen molar-refractivity contribution in [3.8, 4) is 0 Å². The highest BCUT2D eigenvalue weighted by molar-refractivity contribution is 6.21. The summed E-state index contributed by atoms with van der Waals surface area (Å²) in [7, 11) is 0. The molecule has 0 spiro atoms. The summed E-state index contributed by atoms with van der Waals surface area (Å²) in [6.07, 6.45) is 8.96. The molecule has 0 aliphatic heterocycles. The van der Waals surface area contributed by atoms with Crippen LogP contribution in [-0.2, 0) is 0 Å². The molecule has 0 aromatic carbocycles. The number of nitrogens with one attached hydrogen (secondary N) is 1. The minimum Gasteiger partial charge on any atom is -0.361 e. The lowest BCUT2D eigenvalue weighted by Gasteiger charge is -2.22. The van der Waals surface area contributed by atoms with Gasteiger partial charge in [0.25, 0.3) is 5.56 Å². The number of nitrogens with zero attached hydrogens (tertiary/aromatic N) is 2. The molecule has 0 saturated heterocycles. The molecule has 1 aliphatic carbocycles. The Balaban J connectivity index is 2.18. The van der Waals surface area contributed by atoms with Gasteiger partial charge in [0.1, 0.15) is 0 Å². The highest BCUT2D eigenvalue weighted by Crippen LogP contribution is 2.24. The lowest BCUT2D eigenvalue weighted by Crippen LogP contribution is -2.34. The molecule has 1 N–H and O–H groups in total. The first-order valence-corrected chi connectivity index (χ1v) is 7.51. The summed E-state index contributed by atoms with van der Waals surface area (Å²) in [4.78, 5) is 16.4. The van der Waals surface area contributed by atoms with Gasteiger partial charge in [-0.1, -0.05) is 19.3 Å². The van der Waals surface area contributed by atoms with Gasteiger partial charge in [0, 0.05) is 24.5 Å². The van der Waals surface area contributed by atoms with E-state index >= 15 is 0 Å². The fourth-order valence-corrected chi connectivity index (χ4v) is 2.87. The molecule has 4 nitrogen and oxygen atoms in total. The van der Waals surface area contributed by atoms with Crippen LogP contribution in [0.25, 0.3) is 0 Å². The van der Waals surface area contributed by atoms with Crippen LogP contribution in [0.5, 0.6) is 0 Å². The summed E-state index contributed by atoms with van der Waals surface area (Å²) in [5.74, 6) is 0.425. The SMILES string of the molecule is CC(C)n1ccnc(NC2CCCCCC2Cl)c1=O. The van der Waals surface area contributed by atoms with Gasteiger partial charge < -0.3 is 9.88 Å². The maximum atomic E-state index is 12.3. The Morgan fingerprint density at radius 3 is 2.84 bits per heavy atom. The van der Waals surface area contributed by atoms with Crippen molar-refractivity contribution in [3.63, 3.8) is 0 Å². The number of alkyl halides is 1. The van der Waals surface area contributed by atoms with E-state index in [1.807, 2.05) is 13.8 Å². The number of rotatable bonds is 3. The van der Waals surface area contributed by atoms with Gasteiger partial charge in [0.15, 0.2) is 5.82 Å². The van der Waals surface area contributed by atoms with Crippen molar-refractivity contribution in [3.05, 3.63) is 22.7 Å². The second-order valence-electron chi connectivity index (χ2n) is 5.49. The molecular weight excluding hydrogens is 262 g/mol. The van der Waals surface area contributed by atoms with Gasteiger partial charge in [-0.3, -0.25) is 4.79 Å². The predicted octanol–water partition coefficient (Wildman–Crippen LogP) is 3.18. The average Bonchev–Trinajstić information content (AvgIpc) is 2.57. The first-order valence-electron chi connectivity index (χ1n) is 7.07. The van der Waals surface area contributed by atoms with Crippen molar-refractivity contribution < 1.29 is 0 Å². The van der Waals surface area contributed by atoms with Crippen LogP contribution in [0, 0.1) is 0 Å². The minimum absolute atomic E-state index is 0.0642. The molecule has 2 unspecified atom stereocenters. The lowest BCUT2D eigenvalue weighted by atomic mass is 10.1. The van der Waals surface area contributed by atoms with Crippen molar-refractivity contribution >= 4 is 17.4 Å². The van der Waals surface area contributed by atoms with E-state index in [0.29, 0.717) is 5.82 Å². The molecule has 2 rings (SSSR count). The van der Waals surface area contributed by atoms with Crippen molar-refractivity contribution in [2.75, 3.05) is 5.32 Å². The van der Waals surface area contributed by atoms with Gasteiger partial charge in [-0.2, -0.15) is 0 Å². The first-order chi connectivity index (χ1) is 9.09. The summed E-state index contributed by atoms with van der Waals surface area (Å²) in [5.41, 5.74) is -0.0642. The van der Waals surface area contributed by atoms with E-state index in [2.05, 4.69) is 10.3 Å². The zero-order valence-corrected chi connectivity index (χ0v) is 12.4. The molecule has 0 amide bonds. The lowest BCUT2D eigenvalue weighted by molar-refractivity contribution is 0.569. The average molecular weight is 284 g/mol. The van der Waals surface area contributed by atoms with E-state index in [4.69, 9.17) is 11.6 Å². The molecule has 0 bridgehead atoms. The highest BCUT2D eigenvalue weighted by Gasteiger charge is 2.23. The zero-order valence-electron chi connectivity index (χ0n) is 11.6. The number of aromatic nitrogens is 2. The molecule has 1 saturated carbocycles. The Kier molecular flexibility index (Phi) is 4.86. The van der Waals surface area contributed by atoms with Crippen molar-refractivity contribution in [2.24, 2.45) is 0 Å². The number of hydrogen-bond acceptors (Lipinski definition) is 3. The fraction of sp³-hybridized carbons (Fsp3) is 0.714. The molecular formula is C14H22ClN3O. The van der Waals surface area contributed by atoms with Crippen LogP contribution in [0.2, 0.25) is 0 Å². The third-order valence-electron chi connectivity index (χ3n) is 3.68. The van der Waals surface area contributed by atoms with E-state index < -0.39 is 0 Å². The Bertz CT molecular complexity index is 472. The van der Waals surface area contributed by atoms with Crippen molar-refractivity contribution in [1.82, 2.24) is 9.55 Å². The maximum Gasteiger partial charge on any atom is 0.293 e. The molecule has 0 radical (unpaired) electrons. The number of anilines is 1. The standard InChI is InChI=1S/C14H22ClN3O/c1-10(2)18-9-8-16-13(14(18)19)17-12-7-5-3-4-6-11(12)15/h8-12H,3-7H2,1-2H3,(H,16,17). The quantitative estimate of drug-likeness (QED) is 0.685. The Labute approximate surface area is 119 Å². The molecule has 106 valence electrons. The van der Waals surface area contributed by atoms with Gasteiger partial charge in [-0.25, -0.2) is 4.98 Å². The summed E-state index contributed by atoms with van der Waals surface area (Å²) in [5, 5.41) is 3.34. The van der Waals surface area contributed by atoms with Gasteiger partial charge in [0.05, 0.1) is 5.38 Å². The molecule has 1 aromatic rings. The van der Waals surface area contributed by atoms with Crippen molar-refractivity contribution in [2.45, 2.75) is 63.4 Å². The second-order valence-corrected chi connectivity index (χ2v) is 6.05. The monoisotopic (exact) mass is 283 g/mol. The molecule has 1 fully saturated rings. The normalized spacial score (nSPS) is 24.2. The summed E-state index contributed by atoms with van der Waals surface area (Å²) >= 11 is 6.39. The number of hydrogen-bond donors (Lipinski definition) is 1. The Morgan fingerprint density at radius 1 is 1.37 bits per heavy atom. The first kappa shape index (κ1) is 14.4. The van der Waals surface area contributed by atoms with Crippen LogP contribution in [0.4, 0.5) is 5.82 Å². The zero-order chi connectivity index (χ0) is 13.8. The van der Waals surface area contributed by atoms with Gasteiger partial charge >= 0.3 is 0 Å². The third-order valence-corrected chi connectivity index (χ3v) is 4.20. The number of halogens is 1. The summed E-state index contributed by atoms with van der Waals surface area (Å²) in [6.45, 7) is 3.97. The molecule has 2 atom stereocenters. The second kappa shape index (κ2) is 6.42. The van der Waals surface area contributed by atoms with E-state index in [9.17, 15) is 4.79 Å². The van der Waals surface area contributed by atoms with Crippen LogP contribution >= 0.6 is 11.6 Å². The summed E-state index contributed by atoms with van der Waals surface area (Å²) < 4.78 is 1.69. The highest BCUT2D eigenvalue weighted by atomic mass is 35.5. The largest absolute Gasteiger partial charge is 0.361 e. The van der Waals surface area contributed by atoms with Crippen LogP contribution in [-0.4, -0.2) is 21.0 Å². The van der Waals surface area contributed by atoms with E-state index in [-0.39, 0.29) is 23.0 Å². The van der Waals surface area contributed by atoms with Crippen LogP contribution in [0.1, 0.15) is 52.0 Å². The van der Waals surface area contributed by atoms with Crippen LogP contribution in [0.15, 0.2) is 17.2 Å². The molecule has 5 heteroatoms. The Morgan fingerprint density at radius 2 is 2.11 bits per heavy atom. The predicted molar refractivity (Wildman–Crippen MR) is 79.0 cm³/mol. The third kappa shape index (κ3) is 3.50. The van der Waals surface area contributed by atoms with Gasteiger partial charge in [-0.15, -0.1) is 11.6 Å². The van der Waals surface area contributed by atoms with Crippen LogP contribution in [0.3, 0.4) is 0 Å². The van der Waals surface area contributed by atoms with Gasteiger partial charge in [-0.05, 0) is 26.7 Å². The van der Waals surface area contributed by atoms with E-state index in [1.165, 1.54) is 12.8 Å². The molecule has 1 aliphatic rings. The maximum absolute atomic E-state index is 12.3. The van der Waals surface area contributed by atoms with Crippen LogP contribution < -0.4 is 10.9 Å².